The minimum Gasteiger partial charge on any atom is -0.393 e. The van der Waals surface area contributed by atoms with Crippen LogP contribution in [-0.2, 0) is 12.6 Å². The second kappa shape index (κ2) is 7.92. The molecule has 4 aliphatic rings. The number of aliphatic hydroxyl groups is 1. The van der Waals surface area contributed by atoms with Gasteiger partial charge in [0.15, 0.2) is 5.78 Å². The Morgan fingerprint density at radius 3 is 2.31 bits per heavy atom. The first-order chi connectivity index (χ1) is 13.8. The zero-order valence-electron chi connectivity index (χ0n) is 16.1. The summed E-state index contributed by atoms with van der Waals surface area (Å²) in [4.78, 5) is 14.8. The highest BCUT2D eigenvalue weighted by Crippen LogP contribution is 2.45. The number of halogens is 3. The third-order valence-electron chi connectivity index (χ3n) is 6.00. The Bertz CT molecular complexity index is 901. The molecule has 1 aliphatic heterocycles. The van der Waals surface area contributed by atoms with Gasteiger partial charge in [0.25, 0.3) is 0 Å². The fourth-order valence-electron chi connectivity index (χ4n) is 4.25. The van der Waals surface area contributed by atoms with E-state index in [-0.39, 0.29) is 12.0 Å². The quantitative estimate of drug-likeness (QED) is 0.681. The molecule has 3 nitrogen and oxygen atoms in total. The van der Waals surface area contributed by atoms with Gasteiger partial charge in [-0.15, -0.1) is 0 Å². The topological polar surface area (TPSA) is 40.5 Å². The number of fused-ring (bicyclic) bond motifs is 2. The van der Waals surface area contributed by atoms with Crippen molar-refractivity contribution in [2.24, 2.45) is 5.92 Å². The summed E-state index contributed by atoms with van der Waals surface area (Å²) in [5.74, 6) is 0.457. The van der Waals surface area contributed by atoms with Crippen LogP contribution in [0.4, 0.5) is 13.2 Å². The van der Waals surface area contributed by atoms with Gasteiger partial charge in [-0.2, -0.15) is 13.2 Å². The number of piperidine rings is 1. The van der Waals surface area contributed by atoms with E-state index in [0.717, 1.165) is 62.5 Å². The number of hydrogen-bond acceptors (Lipinski definition) is 3. The van der Waals surface area contributed by atoms with E-state index >= 15 is 0 Å². The Hall–Kier alpha value is -2.18. The lowest BCUT2D eigenvalue weighted by Gasteiger charge is -2.33. The smallest absolute Gasteiger partial charge is 0.393 e. The van der Waals surface area contributed by atoms with Gasteiger partial charge in [0.05, 0.1) is 11.7 Å². The molecule has 0 saturated carbocycles. The van der Waals surface area contributed by atoms with Crippen molar-refractivity contribution < 1.29 is 23.1 Å². The van der Waals surface area contributed by atoms with Crippen LogP contribution in [0, 0.1) is 5.92 Å². The minimum atomic E-state index is -4.17. The summed E-state index contributed by atoms with van der Waals surface area (Å²) in [5.41, 5.74) is 2.73. The molecule has 1 saturated heterocycles. The molecule has 1 heterocycles. The molecule has 29 heavy (non-hydrogen) atoms. The highest BCUT2D eigenvalue weighted by molar-refractivity contribution is 6.00. The van der Waals surface area contributed by atoms with Gasteiger partial charge in [0.1, 0.15) is 0 Å². The van der Waals surface area contributed by atoms with E-state index in [1.807, 2.05) is 18.2 Å². The maximum absolute atomic E-state index is 12.5. The Balaban J connectivity index is 0.000000171. The third-order valence-corrected chi connectivity index (χ3v) is 6.00. The van der Waals surface area contributed by atoms with Crippen LogP contribution >= 0.6 is 0 Å². The molecule has 5 rings (SSSR count). The van der Waals surface area contributed by atoms with Gasteiger partial charge in [-0.3, -0.25) is 4.79 Å². The second-order valence-corrected chi connectivity index (χ2v) is 8.05. The van der Waals surface area contributed by atoms with Crippen LogP contribution in [0.1, 0.15) is 40.7 Å². The van der Waals surface area contributed by atoms with Crippen LogP contribution in [0.15, 0.2) is 42.5 Å². The number of ketones is 1. The van der Waals surface area contributed by atoms with Crippen molar-refractivity contribution in [2.45, 2.75) is 38.0 Å². The molecule has 0 bridgehead atoms. The van der Waals surface area contributed by atoms with Crippen LogP contribution in [-0.4, -0.2) is 41.5 Å². The maximum atomic E-state index is 12.5. The summed E-state index contributed by atoms with van der Waals surface area (Å²) in [6, 6.07) is 12.1. The monoisotopic (exact) mass is 403 g/mol. The van der Waals surface area contributed by atoms with Crippen molar-refractivity contribution in [1.82, 2.24) is 4.90 Å². The number of carbonyl (C=O) groups is 1. The van der Waals surface area contributed by atoms with Crippen LogP contribution in [0.3, 0.4) is 0 Å². The number of alkyl halides is 3. The molecular formula is C23H24F3NO2. The lowest BCUT2D eigenvalue weighted by atomic mass is 9.82. The minimum absolute atomic E-state index is 0.140. The molecule has 0 radical (unpaired) electrons. The van der Waals surface area contributed by atoms with Gasteiger partial charge in [0.2, 0.25) is 0 Å². The van der Waals surface area contributed by atoms with Crippen LogP contribution in [0.5, 0.6) is 0 Å². The number of Topliss-reactive ketones (excluding diaryl/α,β-unsaturated/α-hetero) is 1. The average Bonchev–Trinajstić information content (AvgIpc) is 3.33. The molecule has 0 amide bonds. The van der Waals surface area contributed by atoms with Crippen LogP contribution in [0.2, 0.25) is 0 Å². The Morgan fingerprint density at radius 1 is 1.00 bits per heavy atom. The molecule has 1 unspecified atom stereocenters. The SMILES string of the molecule is FC(F)(F)c1ccc2cc1-2.O=C1c2ccccc2CCC1CN1CCC(O)CC1. The lowest BCUT2D eigenvalue weighted by Crippen LogP contribution is -2.41. The van der Waals surface area contributed by atoms with Gasteiger partial charge in [-0.1, -0.05) is 30.3 Å². The van der Waals surface area contributed by atoms with E-state index in [0.29, 0.717) is 11.3 Å². The van der Waals surface area contributed by atoms with Crippen molar-refractivity contribution in [1.29, 1.82) is 0 Å². The Morgan fingerprint density at radius 2 is 1.72 bits per heavy atom. The number of likely N-dealkylation sites (tertiary alicyclic amines) is 1. The molecule has 154 valence electrons. The standard InChI is InChI=1S/C16H21NO2.C7H3F3/c18-14-7-9-17(10-8-14)11-13-6-5-12-3-1-2-4-15(12)16(13)19;8-7(9,10)6-2-1-4-3-5(4)6/h1-4,13-14,18H,5-11H2;1-3H. The van der Waals surface area contributed by atoms with E-state index in [1.54, 1.807) is 0 Å². The lowest BCUT2D eigenvalue weighted by molar-refractivity contribution is -0.136. The first-order valence-corrected chi connectivity index (χ1v) is 10.1. The summed E-state index contributed by atoms with van der Waals surface area (Å²) < 4.78 is 35.7. The highest BCUT2D eigenvalue weighted by Gasteiger charge is 2.37. The molecule has 3 aliphatic carbocycles. The Labute approximate surface area is 168 Å². The van der Waals surface area contributed by atoms with Crippen molar-refractivity contribution in [3.63, 3.8) is 0 Å². The summed E-state index contributed by atoms with van der Waals surface area (Å²) in [5, 5.41) is 9.52. The summed E-state index contributed by atoms with van der Waals surface area (Å²) >= 11 is 0. The zero-order valence-corrected chi connectivity index (χ0v) is 16.1. The molecule has 1 atom stereocenters. The molecule has 1 N–H and O–H groups in total. The van der Waals surface area contributed by atoms with E-state index < -0.39 is 11.7 Å². The van der Waals surface area contributed by atoms with Crippen molar-refractivity contribution in [2.75, 3.05) is 19.6 Å². The first kappa shape index (κ1) is 20.1. The fourth-order valence-corrected chi connectivity index (χ4v) is 4.25. The van der Waals surface area contributed by atoms with Gasteiger partial charge >= 0.3 is 6.18 Å². The summed E-state index contributed by atoms with van der Waals surface area (Å²) in [6.07, 6.45) is -0.632. The largest absolute Gasteiger partial charge is 0.417 e. The zero-order chi connectivity index (χ0) is 20.6. The number of aryl methyl sites for hydroxylation is 1. The van der Waals surface area contributed by atoms with Gasteiger partial charge in [0, 0.05) is 31.1 Å². The molecule has 1 fully saturated rings. The highest BCUT2D eigenvalue weighted by atomic mass is 19.4. The number of hydrogen-bond donors (Lipinski definition) is 1. The maximum Gasteiger partial charge on any atom is 0.417 e. The number of nitrogens with zero attached hydrogens (tertiary/aromatic N) is 1. The molecule has 0 spiro atoms. The Kier molecular flexibility index (Phi) is 5.49. The average molecular weight is 403 g/mol. The molecular weight excluding hydrogens is 379 g/mol. The molecule has 1 aromatic carbocycles. The number of aliphatic hydroxyl groups excluding tert-OH is 1. The van der Waals surface area contributed by atoms with Gasteiger partial charge < -0.3 is 10.0 Å². The fraction of sp³-hybridized carbons (Fsp3) is 0.435. The second-order valence-electron chi connectivity index (χ2n) is 8.05. The number of rotatable bonds is 2. The van der Waals surface area contributed by atoms with E-state index in [9.17, 15) is 23.1 Å². The first-order valence-electron chi connectivity index (χ1n) is 10.1. The number of benzene rings is 2. The van der Waals surface area contributed by atoms with Gasteiger partial charge in [-0.05, 0) is 54.5 Å². The predicted octanol–water partition coefficient (Wildman–Crippen LogP) is 4.57. The number of carbonyl (C=O) groups excluding carboxylic acids is 1. The van der Waals surface area contributed by atoms with Crippen LogP contribution in [0.25, 0.3) is 11.1 Å². The van der Waals surface area contributed by atoms with Crippen LogP contribution < -0.4 is 0 Å². The predicted molar refractivity (Wildman–Crippen MR) is 105 cm³/mol. The molecule has 0 aromatic heterocycles. The third kappa shape index (κ3) is 4.54. The van der Waals surface area contributed by atoms with Crippen molar-refractivity contribution >= 4 is 5.78 Å². The molecule has 1 aromatic rings. The van der Waals surface area contributed by atoms with Crippen molar-refractivity contribution in [3.8, 4) is 11.1 Å². The summed E-state index contributed by atoms with van der Waals surface area (Å²) in [6.45, 7) is 2.71. The van der Waals surface area contributed by atoms with E-state index in [1.165, 1.54) is 17.7 Å². The van der Waals surface area contributed by atoms with E-state index in [2.05, 4.69) is 11.0 Å². The van der Waals surface area contributed by atoms with Crippen molar-refractivity contribution in [3.05, 3.63) is 59.2 Å². The normalized spacial score (nSPS) is 21.2. The molecule has 6 heteroatoms. The van der Waals surface area contributed by atoms with E-state index in [4.69, 9.17) is 0 Å². The van der Waals surface area contributed by atoms with Gasteiger partial charge in [-0.25, -0.2) is 0 Å². The summed E-state index contributed by atoms with van der Waals surface area (Å²) in [7, 11) is 0.